The first-order valence-electron chi connectivity index (χ1n) is 12.9. The van der Waals surface area contributed by atoms with Gasteiger partial charge in [0.1, 0.15) is 0 Å². The van der Waals surface area contributed by atoms with Crippen molar-refractivity contribution in [1.29, 1.82) is 0 Å². The summed E-state index contributed by atoms with van der Waals surface area (Å²) in [5.74, 6) is 0. The fraction of sp³-hybridized carbons (Fsp3) is 0. The predicted molar refractivity (Wildman–Crippen MR) is 168 cm³/mol. The molecule has 0 radical (unpaired) electrons. The smallest absolute Gasteiger partial charge is 0.0825 e. The molecule has 0 fully saturated rings. The number of thiazole rings is 2. The van der Waals surface area contributed by atoms with Gasteiger partial charge in [-0.2, -0.15) is 0 Å². The van der Waals surface area contributed by atoms with Crippen LogP contribution in [0, 0.1) is 0 Å². The molecule has 0 unspecified atom stereocenters. The van der Waals surface area contributed by atoms with Gasteiger partial charge < -0.3 is 0 Å². The highest BCUT2D eigenvalue weighted by Gasteiger charge is 2.13. The van der Waals surface area contributed by atoms with Crippen molar-refractivity contribution in [1.82, 2.24) is 19.9 Å². The van der Waals surface area contributed by atoms with Crippen molar-refractivity contribution in [3.05, 3.63) is 120 Å². The topological polar surface area (TPSA) is 51.6 Å². The summed E-state index contributed by atoms with van der Waals surface area (Å²) in [6, 6.07) is 34.5. The van der Waals surface area contributed by atoms with Gasteiger partial charge in [-0.3, -0.25) is 9.97 Å². The van der Waals surface area contributed by atoms with Crippen LogP contribution in [0.25, 0.3) is 76.0 Å². The molecule has 0 N–H and O–H groups in total. The highest BCUT2D eigenvalue weighted by atomic mass is 32.1. The minimum Gasteiger partial charge on any atom is -0.252 e. The Morgan fingerprint density at radius 2 is 0.850 bits per heavy atom. The van der Waals surface area contributed by atoms with Crippen molar-refractivity contribution in [3.8, 4) is 43.7 Å². The molecule has 0 spiro atoms. The van der Waals surface area contributed by atoms with Gasteiger partial charge in [0.2, 0.25) is 0 Å². The van der Waals surface area contributed by atoms with Gasteiger partial charge in [0, 0.05) is 23.5 Å². The molecule has 0 atom stereocenters. The van der Waals surface area contributed by atoms with Crippen LogP contribution in [-0.4, -0.2) is 19.9 Å². The van der Waals surface area contributed by atoms with E-state index in [0.717, 1.165) is 43.7 Å². The van der Waals surface area contributed by atoms with Gasteiger partial charge in [0.05, 0.1) is 43.6 Å². The summed E-state index contributed by atoms with van der Waals surface area (Å²) in [6.45, 7) is 0. The number of hydrogen-bond acceptors (Lipinski definition) is 6. The molecule has 4 nitrogen and oxygen atoms in total. The molecule has 4 aromatic heterocycles. The van der Waals surface area contributed by atoms with Crippen LogP contribution < -0.4 is 0 Å². The van der Waals surface area contributed by atoms with E-state index in [0.29, 0.717) is 0 Å². The van der Waals surface area contributed by atoms with Crippen LogP contribution in [0.5, 0.6) is 0 Å². The van der Waals surface area contributed by atoms with Gasteiger partial charge in [-0.25, -0.2) is 9.97 Å². The molecule has 0 aliphatic carbocycles. The maximum Gasteiger partial charge on any atom is 0.0825 e. The Bertz CT molecular complexity index is 1990. The van der Waals surface area contributed by atoms with Crippen molar-refractivity contribution in [2.45, 2.75) is 0 Å². The first kappa shape index (κ1) is 23.1. The summed E-state index contributed by atoms with van der Waals surface area (Å²) in [5, 5.41) is 7.37. The molecule has 0 bridgehead atoms. The lowest BCUT2D eigenvalue weighted by Gasteiger charge is -2.13. The second kappa shape index (κ2) is 9.45. The number of hydrogen-bond donors (Lipinski definition) is 0. The number of rotatable bonds is 4. The third kappa shape index (κ3) is 3.88. The Morgan fingerprint density at radius 3 is 1.30 bits per heavy atom. The SMILES string of the molecule is c1cc(-c2ccc3c4ccc(-c5cccc(-c6cncs6)n5)cc4c4ccccc4c3c2)nc(-c2cncs2)c1. The molecule has 4 heterocycles. The minimum absolute atomic E-state index is 0.948. The maximum absolute atomic E-state index is 4.97. The first-order valence-corrected chi connectivity index (χ1v) is 14.7. The molecule has 0 aliphatic heterocycles. The first-order chi connectivity index (χ1) is 19.8. The Balaban J connectivity index is 1.30. The summed E-state index contributed by atoms with van der Waals surface area (Å²) in [6.07, 6.45) is 3.74. The number of aromatic nitrogens is 4. The summed E-state index contributed by atoms with van der Waals surface area (Å²) < 4.78 is 0. The van der Waals surface area contributed by atoms with Crippen LogP contribution in [0.15, 0.2) is 120 Å². The van der Waals surface area contributed by atoms with E-state index < -0.39 is 0 Å². The van der Waals surface area contributed by atoms with Crippen LogP contribution in [0.3, 0.4) is 0 Å². The van der Waals surface area contributed by atoms with Crippen molar-refractivity contribution in [3.63, 3.8) is 0 Å². The van der Waals surface area contributed by atoms with Crippen LogP contribution in [-0.2, 0) is 0 Å². The molecule has 0 saturated carbocycles. The molecule has 188 valence electrons. The van der Waals surface area contributed by atoms with E-state index in [2.05, 4.69) is 94.9 Å². The molecule has 0 saturated heterocycles. The molecule has 0 amide bonds. The van der Waals surface area contributed by atoms with Crippen LogP contribution in [0.2, 0.25) is 0 Å². The Morgan fingerprint density at radius 1 is 0.400 bits per heavy atom. The normalized spacial score (nSPS) is 11.5. The predicted octanol–water partition coefficient (Wildman–Crippen LogP) is 9.52. The van der Waals surface area contributed by atoms with E-state index in [4.69, 9.17) is 9.97 Å². The van der Waals surface area contributed by atoms with Crippen molar-refractivity contribution in [2.75, 3.05) is 0 Å². The van der Waals surface area contributed by atoms with Crippen LogP contribution >= 0.6 is 22.7 Å². The van der Waals surface area contributed by atoms with E-state index >= 15 is 0 Å². The van der Waals surface area contributed by atoms with Gasteiger partial charge in [-0.15, -0.1) is 22.7 Å². The largest absolute Gasteiger partial charge is 0.252 e. The highest BCUT2D eigenvalue weighted by molar-refractivity contribution is 7.13. The van der Waals surface area contributed by atoms with Gasteiger partial charge in [-0.05, 0) is 68.7 Å². The molecule has 40 heavy (non-hydrogen) atoms. The Labute approximate surface area is 238 Å². The Hall–Kier alpha value is -4.78. The third-order valence-corrected chi connectivity index (χ3v) is 8.89. The zero-order chi connectivity index (χ0) is 26.5. The molecular formula is C34H20N4S2. The fourth-order valence-corrected chi connectivity index (χ4v) is 6.61. The molecule has 0 aliphatic rings. The average Bonchev–Trinajstić information content (AvgIpc) is 3.77. The van der Waals surface area contributed by atoms with Gasteiger partial charge >= 0.3 is 0 Å². The average molecular weight is 549 g/mol. The summed E-state index contributed by atoms with van der Waals surface area (Å²) in [7, 11) is 0. The van der Waals surface area contributed by atoms with Gasteiger partial charge in [-0.1, -0.05) is 60.7 Å². The lowest BCUT2D eigenvalue weighted by molar-refractivity contribution is 1.33. The number of nitrogens with zero attached hydrogens (tertiary/aromatic N) is 4. The van der Waals surface area contributed by atoms with E-state index in [-0.39, 0.29) is 0 Å². The lowest BCUT2D eigenvalue weighted by atomic mass is 9.91. The molecule has 8 aromatic rings. The van der Waals surface area contributed by atoms with E-state index in [1.54, 1.807) is 22.7 Å². The van der Waals surface area contributed by atoms with Crippen molar-refractivity contribution >= 4 is 55.0 Å². The monoisotopic (exact) mass is 548 g/mol. The van der Waals surface area contributed by atoms with Gasteiger partial charge in [0.25, 0.3) is 0 Å². The van der Waals surface area contributed by atoms with Crippen molar-refractivity contribution < 1.29 is 0 Å². The van der Waals surface area contributed by atoms with E-state index in [1.807, 2.05) is 35.5 Å². The standard InChI is InChI=1S/C34H20N4S2/c1-2-6-24-23(5-1)27-15-21(29-7-3-9-31(37-29)33-17-35-19-39-33)11-13-25(27)26-14-12-22(16-28(24)26)30-8-4-10-32(38-30)34-18-36-20-40-34/h1-20H. The number of fused-ring (bicyclic) bond motifs is 6. The molecule has 4 aromatic carbocycles. The fourth-order valence-electron chi connectivity index (χ4n) is 5.43. The van der Waals surface area contributed by atoms with Crippen molar-refractivity contribution in [2.24, 2.45) is 0 Å². The summed E-state index contributed by atoms with van der Waals surface area (Å²) in [5.41, 5.74) is 9.70. The quantitative estimate of drug-likeness (QED) is 0.206. The minimum atomic E-state index is 0.948. The zero-order valence-electron chi connectivity index (χ0n) is 21.2. The maximum atomic E-state index is 4.97. The highest BCUT2D eigenvalue weighted by Crippen LogP contribution is 2.39. The molecule has 8 rings (SSSR count). The van der Waals surface area contributed by atoms with Gasteiger partial charge in [0.15, 0.2) is 0 Å². The second-order valence-electron chi connectivity index (χ2n) is 9.61. The molecule has 6 heteroatoms. The summed E-state index contributed by atoms with van der Waals surface area (Å²) >= 11 is 3.21. The van der Waals surface area contributed by atoms with E-state index in [1.165, 1.54) is 32.3 Å². The lowest BCUT2D eigenvalue weighted by Crippen LogP contribution is -1.90. The summed E-state index contributed by atoms with van der Waals surface area (Å²) in [4.78, 5) is 20.5. The molecular weight excluding hydrogens is 529 g/mol. The second-order valence-corrected chi connectivity index (χ2v) is 11.4. The third-order valence-electron chi connectivity index (χ3n) is 7.30. The number of benzene rings is 4. The van der Waals surface area contributed by atoms with Crippen LogP contribution in [0.1, 0.15) is 0 Å². The zero-order valence-corrected chi connectivity index (χ0v) is 22.8. The number of pyridine rings is 2. The van der Waals surface area contributed by atoms with Crippen LogP contribution in [0.4, 0.5) is 0 Å². The Kier molecular flexibility index (Phi) is 5.47. The van der Waals surface area contributed by atoms with E-state index in [9.17, 15) is 0 Å².